The highest BCUT2D eigenvalue weighted by Crippen LogP contribution is 2.04. The molecule has 0 unspecified atom stereocenters. The number of carboxylic acid groups (broad SMARTS) is 1. The Morgan fingerprint density at radius 2 is 1.90 bits per heavy atom. The third-order valence-corrected chi connectivity index (χ3v) is 1.07. The van der Waals surface area contributed by atoms with E-state index in [0.717, 1.165) is 6.20 Å². The molecule has 56 valence electrons. The van der Waals surface area contributed by atoms with Crippen LogP contribution in [-0.4, -0.2) is 11.1 Å². The second-order valence-electron chi connectivity index (χ2n) is 1.74. The minimum atomic E-state index is -1.07. The van der Waals surface area contributed by atoms with E-state index in [1.54, 1.807) is 6.92 Å². The van der Waals surface area contributed by atoms with Crippen molar-refractivity contribution in [1.82, 2.24) is 0 Å². The molecule has 0 aliphatic heterocycles. The molecule has 0 bridgehead atoms. The van der Waals surface area contributed by atoms with Crippen molar-refractivity contribution in [2.75, 3.05) is 0 Å². The van der Waals surface area contributed by atoms with Gasteiger partial charge in [-0.25, -0.2) is 4.79 Å². The van der Waals surface area contributed by atoms with Gasteiger partial charge in [0.15, 0.2) is 0 Å². The molecule has 0 rings (SSSR count). The molecule has 0 atom stereocenters. The lowest BCUT2D eigenvalue weighted by molar-refractivity contribution is -0.132. The third kappa shape index (κ3) is 1.81. The van der Waals surface area contributed by atoms with E-state index < -0.39 is 5.97 Å². The summed E-state index contributed by atoms with van der Waals surface area (Å²) in [7, 11) is 0. The smallest absolute Gasteiger partial charge is 0.337 e. The van der Waals surface area contributed by atoms with Gasteiger partial charge in [0.05, 0.1) is 5.57 Å². The lowest BCUT2D eigenvalue weighted by Gasteiger charge is -1.97. The highest BCUT2D eigenvalue weighted by atomic mass is 16.4. The molecule has 0 fully saturated rings. The van der Waals surface area contributed by atoms with Crippen LogP contribution in [0.5, 0.6) is 0 Å². The molecule has 0 heterocycles. The molecule has 0 radical (unpaired) electrons. The molecule has 0 saturated carbocycles. The molecule has 10 heavy (non-hydrogen) atoms. The fourth-order valence-corrected chi connectivity index (χ4v) is 0.461. The first kappa shape index (κ1) is 8.55. The summed E-state index contributed by atoms with van der Waals surface area (Å²) in [6.07, 6.45) is 2.22. The lowest BCUT2D eigenvalue weighted by atomic mass is 10.1. The van der Waals surface area contributed by atoms with Gasteiger partial charge < -0.3 is 16.6 Å². The van der Waals surface area contributed by atoms with Crippen molar-refractivity contribution < 1.29 is 9.90 Å². The molecule has 5 N–H and O–H groups in total. The van der Waals surface area contributed by atoms with Crippen molar-refractivity contribution in [3.05, 3.63) is 23.5 Å². The third-order valence-electron chi connectivity index (χ3n) is 1.07. The van der Waals surface area contributed by atoms with Crippen molar-refractivity contribution in [1.29, 1.82) is 0 Å². The van der Waals surface area contributed by atoms with Crippen molar-refractivity contribution in [2.45, 2.75) is 6.92 Å². The van der Waals surface area contributed by atoms with Crippen molar-refractivity contribution in [3.63, 3.8) is 0 Å². The van der Waals surface area contributed by atoms with E-state index >= 15 is 0 Å². The normalized spacial score (nSPS) is 13.3. The van der Waals surface area contributed by atoms with Crippen LogP contribution in [0.2, 0.25) is 0 Å². The lowest BCUT2D eigenvalue weighted by Crippen LogP contribution is -2.05. The van der Waals surface area contributed by atoms with Crippen molar-refractivity contribution >= 4 is 5.97 Å². The van der Waals surface area contributed by atoms with E-state index in [9.17, 15) is 4.79 Å². The van der Waals surface area contributed by atoms with Crippen LogP contribution in [0.1, 0.15) is 6.92 Å². The van der Waals surface area contributed by atoms with Crippen LogP contribution >= 0.6 is 0 Å². The minimum Gasteiger partial charge on any atom is -0.478 e. The van der Waals surface area contributed by atoms with Crippen LogP contribution in [-0.2, 0) is 4.79 Å². The zero-order chi connectivity index (χ0) is 8.15. The molecular formula is C6H10N2O2. The Labute approximate surface area is 58.8 Å². The molecule has 0 aromatic rings. The first-order valence-corrected chi connectivity index (χ1v) is 2.67. The standard InChI is InChI=1S/C6H10N2O2/c1-4(2-7)5(3-8)6(9)10/h2-3H,7-8H2,1H3,(H,9,10)/b4-2-,5-3+. The number of carbonyl (C=O) groups is 1. The summed E-state index contributed by atoms with van der Waals surface area (Å²) < 4.78 is 0. The maximum absolute atomic E-state index is 10.3. The molecule has 4 nitrogen and oxygen atoms in total. The number of hydrogen-bond donors (Lipinski definition) is 3. The monoisotopic (exact) mass is 142 g/mol. The van der Waals surface area contributed by atoms with Crippen LogP contribution < -0.4 is 11.5 Å². The maximum atomic E-state index is 10.3. The summed E-state index contributed by atoms with van der Waals surface area (Å²) in [5.41, 5.74) is 10.6. The molecule has 0 aliphatic carbocycles. The molecule has 0 amide bonds. The Bertz CT molecular complexity index is 194. The van der Waals surface area contributed by atoms with E-state index in [-0.39, 0.29) is 5.57 Å². The number of hydrogen-bond acceptors (Lipinski definition) is 3. The fraction of sp³-hybridized carbons (Fsp3) is 0.167. The summed E-state index contributed by atoms with van der Waals surface area (Å²) in [6, 6.07) is 0. The molecule has 0 aliphatic rings. The predicted octanol–water partition coefficient (Wildman–Crippen LogP) is -0.224. The molecular weight excluding hydrogens is 132 g/mol. The Hall–Kier alpha value is -1.45. The van der Waals surface area contributed by atoms with Gasteiger partial charge in [-0.15, -0.1) is 0 Å². The van der Waals surface area contributed by atoms with Gasteiger partial charge in [-0.2, -0.15) is 0 Å². The predicted molar refractivity (Wildman–Crippen MR) is 37.9 cm³/mol. The largest absolute Gasteiger partial charge is 0.478 e. The number of carboxylic acids is 1. The van der Waals surface area contributed by atoms with E-state index in [0.29, 0.717) is 5.57 Å². The average Bonchev–Trinajstić information content (AvgIpc) is 1.88. The summed E-state index contributed by atoms with van der Waals surface area (Å²) in [5, 5.41) is 8.43. The quantitative estimate of drug-likeness (QED) is 0.367. The molecule has 4 heteroatoms. The van der Waals surface area contributed by atoms with Crippen molar-refractivity contribution in [3.8, 4) is 0 Å². The zero-order valence-electron chi connectivity index (χ0n) is 5.66. The highest BCUT2D eigenvalue weighted by Gasteiger charge is 2.06. The van der Waals surface area contributed by atoms with Crippen LogP contribution in [0.4, 0.5) is 0 Å². The van der Waals surface area contributed by atoms with Gasteiger partial charge in [-0.05, 0) is 18.7 Å². The van der Waals surface area contributed by atoms with E-state index in [2.05, 4.69) is 0 Å². The summed E-state index contributed by atoms with van der Waals surface area (Å²) in [4.78, 5) is 10.3. The molecule has 0 aromatic heterocycles. The Morgan fingerprint density at radius 1 is 1.40 bits per heavy atom. The van der Waals surface area contributed by atoms with Crippen LogP contribution in [0.25, 0.3) is 0 Å². The number of nitrogens with two attached hydrogens (primary N) is 2. The molecule has 0 saturated heterocycles. The average molecular weight is 142 g/mol. The van der Waals surface area contributed by atoms with Crippen LogP contribution in [0, 0.1) is 0 Å². The van der Waals surface area contributed by atoms with E-state index in [4.69, 9.17) is 16.6 Å². The SMILES string of the molecule is CC(=C/N)/C(=C\N)C(=O)O. The Kier molecular flexibility index (Phi) is 3.04. The first-order chi connectivity index (χ1) is 4.63. The molecule has 0 spiro atoms. The van der Waals surface area contributed by atoms with Gasteiger partial charge in [-0.1, -0.05) is 0 Å². The fourth-order valence-electron chi connectivity index (χ4n) is 0.461. The first-order valence-electron chi connectivity index (χ1n) is 2.67. The summed E-state index contributed by atoms with van der Waals surface area (Å²) >= 11 is 0. The highest BCUT2D eigenvalue weighted by molar-refractivity contribution is 5.91. The summed E-state index contributed by atoms with van der Waals surface area (Å²) in [5.74, 6) is -1.07. The second-order valence-corrected chi connectivity index (χ2v) is 1.74. The maximum Gasteiger partial charge on any atom is 0.337 e. The molecule has 0 aromatic carbocycles. The topological polar surface area (TPSA) is 89.3 Å². The Balaban J connectivity index is 4.56. The number of aliphatic carboxylic acids is 1. The summed E-state index contributed by atoms with van der Waals surface area (Å²) in [6.45, 7) is 1.58. The van der Waals surface area contributed by atoms with Gasteiger partial charge in [0, 0.05) is 6.20 Å². The zero-order valence-corrected chi connectivity index (χ0v) is 5.66. The van der Waals surface area contributed by atoms with Crippen LogP contribution in [0.15, 0.2) is 23.5 Å². The van der Waals surface area contributed by atoms with Gasteiger partial charge in [0.25, 0.3) is 0 Å². The Morgan fingerprint density at radius 3 is 2.00 bits per heavy atom. The van der Waals surface area contributed by atoms with E-state index in [1.165, 1.54) is 6.20 Å². The van der Waals surface area contributed by atoms with Crippen LogP contribution in [0.3, 0.4) is 0 Å². The van der Waals surface area contributed by atoms with Gasteiger partial charge in [-0.3, -0.25) is 0 Å². The number of rotatable bonds is 2. The van der Waals surface area contributed by atoms with Gasteiger partial charge >= 0.3 is 5.97 Å². The van der Waals surface area contributed by atoms with Crippen molar-refractivity contribution in [2.24, 2.45) is 11.5 Å². The van der Waals surface area contributed by atoms with Gasteiger partial charge in [0.2, 0.25) is 0 Å². The second kappa shape index (κ2) is 3.55. The minimum absolute atomic E-state index is 0.0301. The van der Waals surface area contributed by atoms with E-state index in [1.807, 2.05) is 0 Å². The van der Waals surface area contributed by atoms with Gasteiger partial charge in [0.1, 0.15) is 0 Å².